The minimum Gasteiger partial charge on any atom is -0.357 e. The topological polar surface area (TPSA) is 61.8 Å². The van der Waals surface area contributed by atoms with Crippen LogP contribution < -0.4 is 5.32 Å². The Bertz CT molecular complexity index is 779. The second-order valence-corrected chi connectivity index (χ2v) is 11.1. The van der Waals surface area contributed by atoms with Crippen molar-refractivity contribution in [2.75, 3.05) is 25.9 Å². The van der Waals surface area contributed by atoms with Crippen LogP contribution in [0.5, 0.6) is 0 Å². The SMILES string of the molecule is CCNC(=NCc1ccc(CS(C)(=O)=O)cc1)N1CCCC2(CCCCCC2)C1. The predicted molar refractivity (Wildman–Crippen MR) is 121 cm³/mol. The molecule has 29 heavy (non-hydrogen) atoms. The van der Waals surface area contributed by atoms with Crippen LogP contribution in [0.2, 0.25) is 0 Å². The van der Waals surface area contributed by atoms with Crippen LogP contribution in [0.15, 0.2) is 29.3 Å². The Kier molecular flexibility index (Phi) is 7.60. The first-order chi connectivity index (χ1) is 13.9. The van der Waals surface area contributed by atoms with Crippen molar-refractivity contribution in [2.24, 2.45) is 10.4 Å². The minimum atomic E-state index is -3.00. The number of aliphatic imine (C=N–C) groups is 1. The molecule has 3 rings (SSSR count). The maximum Gasteiger partial charge on any atom is 0.194 e. The third-order valence-corrected chi connectivity index (χ3v) is 7.18. The third kappa shape index (κ3) is 6.73. The van der Waals surface area contributed by atoms with Gasteiger partial charge in [-0.15, -0.1) is 0 Å². The van der Waals surface area contributed by atoms with Gasteiger partial charge in [-0.3, -0.25) is 0 Å². The summed E-state index contributed by atoms with van der Waals surface area (Å²) >= 11 is 0. The summed E-state index contributed by atoms with van der Waals surface area (Å²) in [5, 5.41) is 3.50. The summed E-state index contributed by atoms with van der Waals surface area (Å²) in [4.78, 5) is 7.41. The summed E-state index contributed by atoms with van der Waals surface area (Å²) in [5.41, 5.74) is 2.43. The standard InChI is InChI=1S/C23H37N3O2S/c1-3-24-22(25-17-20-9-11-21(12-10-20)18-29(2,27)28)26-16-8-15-23(19-26)13-6-4-5-7-14-23/h9-12H,3-8,13-19H2,1-2H3,(H,24,25). The Morgan fingerprint density at radius 2 is 1.66 bits per heavy atom. The number of sulfone groups is 1. The number of rotatable bonds is 5. The van der Waals surface area contributed by atoms with E-state index < -0.39 is 9.84 Å². The van der Waals surface area contributed by atoms with Crippen LogP contribution in [0.3, 0.4) is 0 Å². The van der Waals surface area contributed by atoms with E-state index in [2.05, 4.69) is 17.1 Å². The molecule has 0 aromatic heterocycles. The highest BCUT2D eigenvalue weighted by molar-refractivity contribution is 7.89. The normalized spacial score (nSPS) is 20.5. The van der Waals surface area contributed by atoms with Crippen LogP contribution in [-0.2, 0) is 22.1 Å². The first-order valence-electron chi connectivity index (χ1n) is 11.2. The monoisotopic (exact) mass is 419 g/mol. The fraction of sp³-hybridized carbons (Fsp3) is 0.696. The average Bonchev–Trinajstić information content (AvgIpc) is 2.90. The molecule has 1 aromatic rings. The first-order valence-corrected chi connectivity index (χ1v) is 13.2. The zero-order chi connectivity index (χ0) is 20.7. The largest absolute Gasteiger partial charge is 0.357 e. The first kappa shape index (κ1) is 22.1. The lowest BCUT2D eigenvalue weighted by Crippen LogP contribution is -2.50. The van der Waals surface area contributed by atoms with Gasteiger partial charge >= 0.3 is 0 Å². The van der Waals surface area contributed by atoms with Gasteiger partial charge < -0.3 is 10.2 Å². The molecule has 1 aromatic carbocycles. The molecule has 162 valence electrons. The molecule has 1 aliphatic carbocycles. The van der Waals surface area contributed by atoms with E-state index in [1.54, 1.807) is 0 Å². The minimum absolute atomic E-state index is 0.0923. The van der Waals surface area contributed by atoms with Gasteiger partial charge in [-0.1, -0.05) is 49.9 Å². The van der Waals surface area contributed by atoms with Crippen molar-refractivity contribution in [3.8, 4) is 0 Å². The van der Waals surface area contributed by atoms with Crippen LogP contribution in [0, 0.1) is 5.41 Å². The number of guanidine groups is 1. The van der Waals surface area contributed by atoms with Gasteiger partial charge in [0.15, 0.2) is 15.8 Å². The molecule has 0 unspecified atom stereocenters. The molecule has 2 fully saturated rings. The molecule has 1 spiro atoms. The van der Waals surface area contributed by atoms with E-state index in [-0.39, 0.29) is 5.75 Å². The van der Waals surface area contributed by atoms with Crippen LogP contribution in [0.1, 0.15) is 69.4 Å². The fourth-order valence-electron chi connectivity index (χ4n) is 4.91. The van der Waals surface area contributed by atoms with Gasteiger partial charge in [0.25, 0.3) is 0 Å². The van der Waals surface area contributed by atoms with E-state index in [0.717, 1.165) is 36.7 Å². The lowest BCUT2D eigenvalue weighted by atomic mass is 9.74. The maximum atomic E-state index is 11.5. The fourth-order valence-corrected chi connectivity index (χ4v) is 5.71. The predicted octanol–water partition coefficient (Wildman–Crippen LogP) is 4.13. The molecule has 0 radical (unpaired) electrons. The molecule has 1 N–H and O–H groups in total. The number of hydrogen-bond acceptors (Lipinski definition) is 3. The van der Waals surface area contributed by atoms with Crippen LogP contribution in [-0.4, -0.2) is 45.2 Å². The molecular weight excluding hydrogens is 382 g/mol. The number of piperidine rings is 1. The van der Waals surface area contributed by atoms with Gasteiger partial charge in [0.2, 0.25) is 0 Å². The highest BCUT2D eigenvalue weighted by atomic mass is 32.2. The van der Waals surface area contributed by atoms with E-state index in [1.165, 1.54) is 57.6 Å². The molecule has 1 heterocycles. The van der Waals surface area contributed by atoms with Gasteiger partial charge in [0, 0.05) is 25.9 Å². The maximum absolute atomic E-state index is 11.5. The Morgan fingerprint density at radius 1 is 1.03 bits per heavy atom. The van der Waals surface area contributed by atoms with E-state index >= 15 is 0 Å². The molecule has 0 atom stereocenters. The van der Waals surface area contributed by atoms with Crippen molar-refractivity contribution in [3.05, 3.63) is 35.4 Å². The van der Waals surface area contributed by atoms with Crippen molar-refractivity contribution in [1.29, 1.82) is 0 Å². The Hall–Kier alpha value is -1.56. The third-order valence-electron chi connectivity index (χ3n) is 6.32. The van der Waals surface area contributed by atoms with Crippen LogP contribution >= 0.6 is 0 Å². The van der Waals surface area contributed by atoms with E-state index in [9.17, 15) is 8.42 Å². The number of benzene rings is 1. The second kappa shape index (κ2) is 9.96. The number of nitrogens with zero attached hydrogens (tertiary/aromatic N) is 2. The zero-order valence-electron chi connectivity index (χ0n) is 18.1. The quantitative estimate of drug-likeness (QED) is 0.576. The van der Waals surface area contributed by atoms with Crippen LogP contribution in [0.25, 0.3) is 0 Å². The lowest BCUT2D eigenvalue weighted by Gasteiger charge is -2.44. The number of likely N-dealkylation sites (tertiary alicyclic amines) is 1. The highest BCUT2D eigenvalue weighted by Gasteiger charge is 2.36. The summed E-state index contributed by atoms with van der Waals surface area (Å²) in [6.45, 7) is 5.83. The molecule has 0 bridgehead atoms. The molecule has 1 saturated carbocycles. The van der Waals surface area contributed by atoms with Gasteiger partial charge in [-0.05, 0) is 49.1 Å². The second-order valence-electron chi connectivity index (χ2n) is 9.00. The molecule has 5 nitrogen and oxygen atoms in total. The smallest absolute Gasteiger partial charge is 0.194 e. The van der Waals surface area contributed by atoms with Crippen molar-refractivity contribution < 1.29 is 8.42 Å². The van der Waals surface area contributed by atoms with Gasteiger partial charge in [-0.25, -0.2) is 13.4 Å². The number of hydrogen-bond donors (Lipinski definition) is 1. The van der Waals surface area contributed by atoms with Crippen molar-refractivity contribution >= 4 is 15.8 Å². The number of nitrogens with one attached hydrogen (secondary N) is 1. The van der Waals surface area contributed by atoms with E-state index in [1.807, 2.05) is 24.3 Å². The van der Waals surface area contributed by atoms with Crippen molar-refractivity contribution in [2.45, 2.75) is 70.6 Å². The Labute approximate surface area is 176 Å². The summed E-state index contributed by atoms with van der Waals surface area (Å²) in [7, 11) is -3.00. The molecule has 1 saturated heterocycles. The molecule has 6 heteroatoms. The average molecular weight is 420 g/mol. The van der Waals surface area contributed by atoms with Gasteiger partial charge in [-0.2, -0.15) is 0 Å². The lowest BCUT2D eigenvalue weighted by molar-refractivity contribution is 0.115. The molecule has 2 aliphatic rings. The van der Waals surface area contributed by atoms with Gasteiger partial charge in [0.05, 0.1) is 12.3 Å². The summed E-state index contributed by atoms with van der Waals surface area (Å²) in [6.07, 6.45) is 12.2. The molecular formula is C23H37N3O2S. The zero-order valence-corrected chi connectivity index (χ0v) is 18.9. The van der Waals surface area contributed by atoms with Gasteiger partial charge in [0.1, 0.15) is 0 Å². The Balaban J connectivity index is 1.67. The molecule has 0 amide bonds. The summed E-state index contributed by atoms with van der Waals surface area (Å²) in [6, 6.07) is 7.80. The van der Waals surface area contributed by atoms with Crippen molar-refractivity contribution in [3.63, 3.8) is 0 Å². The summed E-state index contributed by atoms with van der Waals surface area (Å²) in [5.74, 6) is 1.12. The van der Waals surface area contributed by atoms with Crippen LogP contribution in [0.4, 0.5) is 0 Å². The molecule has 1 aliphatic heterocycles. The van der Waals surface area contributed by atoms with E-state index in [4.69, 9.17) is 4.99 Å². The van der Waals surface area contributed by atoms with Crippen molar-refractivity contribution in [1.82, 2.24) is 10.2 Å². The summed E-state index contributed by atoms with van der Waals surface area (Å²) < 4.78 is 22.9. The highest BCUT2D eigenvalue weighted by Crippen LogP contribution is 2.42. The Morgan fingerprint density at radius 3 is 2.28 bits per heavy atom. The van der Waals surface area contributed by atoms with E-state index in [0.29, 0.717) is 12.0 Å².